The third kappa shape index (κ3) is 4.84. The summed E-state index contributed by atoms with van der Waals surface area (Å²) in [4.78, 5) is 27.6. The van der Waals surface area contributed by atoms with Gasteiger partial charge in [-0.25, -0.2) is 0 Å². The monoisotopic (exact) mass is 412 g/mol. The van der Waals surface area contributed by atoms with Crippen LogP contribution in [0.3, 0.4) is 0 Å². The Morgan fingerprint density at radius 1 is 1.13 bits per heavy atom. The Bertz CT molecular complexity index is 912. The molecule has 7 nitrogen and oxygen atoms in total. The summed E-state index contributed by atoms with van der Waals surface area (Å²) in [6.45, 7) is 6.73. The fourth-order valence-corrected chi connectivity index (χ4v) is 3.30. The zero-order chi connectivity index (χ0) is 21.7. The maximum absolute atomic E-state index is 13.1. The standard InChI is InChI=1S/C23H28N2O5/c1-5-28-18-9-7-6-8-17(18)22(26)24-21(15(2)3)23(27)25(4)13-16-10-11-19-20(12-16)30-14-29-19/h6-12,15,21H,5,13-14H2,1-4H3,(H,24,26)/t21-/m0/s1. The largest absolute Gasteiger partial charge is 0.493 e. The molecule has 2 aromatic carbocycles. The fourth-order valence-electron chi connectivity index (χ4n) is 3.30. The third-order valence-corrected chi connectivity index (χ3v) is 4.88. The molecule has 1 aliphatic rings. The number of hydrogen-bond donors (Lipinski definition) is 1. The van der Waals surface area contributed by atoms with Crippen LogP contribution < -0.4 is 19.5 Å². The number of rotatable bonds is 8. The van der Waals surface area contributed by atoms with Crippen LogP contribution in [0.5, 0.6) is 17.2 Å². The van der Waals surface area contributed by atoms with Gasteiger partial charge in [0.25, 0.3) is 5.91 Å². The van der Waals surface area contributed by atoms with E-state index in [9.17, 15) is 9.59 Å². The van der Waals surface area contributed by atoms with Gasteiger partial charge in [-0.15, -0.1) is 0 Å². The molecule has 1 aliphatic heterocycles. The van der Waals surface area contributed by atoms with Gasteiger partial charge in [-0.2, -0.15) is 0 Å². The van der Waals surface area contributed by atoms with Crippen LogP contribution in [-0.2, 0) is 11.3 Å². The van der Waals surface area contributed by atoms with Crippen molar-refractivity contribution in [3.8, 4) is 17.2 Å². The second kappa shape index (κ2) is 9.52. The molecular formula is C23H28N2O5. The lowest BCUT2D eigenvalue weighted by molar-refractivity contribution is -0.133. The first-order valence-corrected chi connectivity index (χ1v) is 10.1. The van der Waals surface area contributed by atoms with E-state index in [1.54, 1.807) is 30.1 Å². The molecule has 0 radical (unpaired) electrons. The predicted octanol–water partition coefficient (Wildman–Crippen LogP) is 3.23. The molecule has 1 atom stereocenters. The Balaban J connectivity index is 1.70. The molecule has 0 unspecified atom stereocenters. The molecular weight excluding hydrogens is 384 g/mol. The highest BCUT2D eigenvalue weighted by Gasteiger charge is 2.28. The minimum absolute atomic E-state index is 0.0834. The average molecular weight is 412 g/mol. The first kappa shape index (κ1) is 21.5. The summed E-state index contributed by atoms with van der Waals surface area (Å²) in [5, 5.41) is 2.88. The van der Waals surface area contributed by atoms with Gasteiger partial charge in [0.2, 0.25) is 12.7 Å². The molecule has 1 heterocycles. The Kier molecular flexibility index (Phi) is 6.82. The number of ether oxygens (including phenoxy) is 3. The second-order valence-electron chi connectivity index (χ2n) is 7.51. The van der Waals surface area contributed by atoms with Crippen molar-refractivity contribution in [1.82, 2.24) is 10.2 Å². The first-order chi connectivity index (χ1) is 14.4. The molecule has 0 bridgehead atoms. The number of carbonyl (C=O) groups excluding carboxylic acids is 2. The van der Waals surface area contributed by atoms with Gasteiger partial charge >= 0.3 is 0 Å². The number of fused-ring (bicyclic) bond motifs is 1. The van der Waals surface area contributed by atoms with Gasteiger partial charge in [-0.3, -0.25) is 9.59 Å². The summed E-state index contributed by atoms with van der Waals surface area (Å²) in [6, 6.07) is 12.0. The molecule has 0 aliphatic carbocycles. The van der Waals surface area contributed by atoms with Gasteiger partial charge in [-0.05, 0) is 42.7 Å². The van der Waals surface area contributed by atoms with E-state index >= 15 is 0 Å². The minimum Gasteiger partial charge on any atom is -0.493 e. The fraction of sp³-hybridized carbons (Fsp3) is 0.391. The summed E-state index contributed by atoms with van der Waals surface area (Å²) in [5.74, 6) is 1.30. The van der Waals surface area contributed by atoms with Crippen LogP contribution in [-0.4, -0.2) is 43.2 Å². The smallest absolute Gasteiger partial charge is 0.255 e. The molecule has 0 saturated heterocycles. The van der Waals surface area contributed by atoms with Gasteiger partial charge in [0.05, 0.1) is 12.2 Å². The van der Waals surface area contributed by atoms with E-state index < -0.39 is 6.04 Å². The number of nitrogens with one attached hydrogen (secondary N) is 1. The molecule has 0 fully saturated rings. The quantitative estimate of drug-likeness (QED) is 0.720. The Morgan fingerprint density at radius 3 is 2.60 bits per heavy atom. The maximum Gasteiger partial charge on any atom is 0.255 e. The van der Waals surface area contributed by atoms with Crippen molar-refractivity contribution in [2.45, 2.75) is 33.4 Å². The predicted molar refractivity (Wildman–Crippen MR) is 113 cm³/mol. The molecule has 0 spiro atoms. The van der Waals surface area contributed by atoms with Crippen LogP contribution in [0, 0.1) is 5.92 Å². The zero-order valence-corrected chi connectivity index (χ0v) is 17.8. The van der Waals surface area contributed by atoms with Gasteiger partial charge < -0.3 is 24.4 Å². The van der Waals surface area contributed by atoms with E-state index in [2.05, 4.69) is 5.32 Å². The Morgan fingerprint density at radius 2 is 1.87 bits per heavy atom. The lowest BCUT2D eigenvalue weighted by atomic mass is 10.0. The molecule has 160 valence electrons. The highest BCUT2D eigenvalue weighted by Crippen LogP contribution is 2.32. The van der Waals surface area contributed by atoms with Crippen molar-refractivity contribution < 1.29 is 23.8 Å². The van der Waals surface area contributed by atoms with E-state index in [4.69, 9.17) is 14.2 Å². The molecule has 2 aromatic rings. The molecule has 3 rings (SSSR count). The van der Waals surface area contributed by atoms with E-state index in [1.165, 1.54) is 0 Å². The van der Waals surface area contributed by atoms with Gasteiger partial charge in [0, 0.05) is 13.6 Å². The van der Waals surface area contributed by atoms with Gasteiger partial charge in [-0.1, -0.05) is 32.0 Å². The van der Waals surface area contributed by atoms with Crippen molar-refractivity contribution >= 4 is 11.8 Å². The summed E-state index contributed by atoms with van der Waals surface area (Å²) >= 11 is 0. The SMILES string of the molecule is CCOc1ccccc1C(=O)N[C@H](C(=O)N(C)Cc1ccc2c(c1)OCO2)C(C)C. The minimum atomic E-state index is -0.661. The number of likely N-dealkylation sites (N-methyl/N-ethyl adjacent to an activating group) is 1. The second-order valence-corrected chi connectivity index (χ2v) is 7.51. The molecule has 30 heavy (non-hydrogen) atoms. The van der Waals surface area contributed by atoms with Crippen LogP contribution in [0.1, 0.15) is 36.7 Å². The number of para-hydroxylation sites is 1. The summed E-state index contributed by atoms with van der Waals surface area (Å²) in [6.07, 6.45) is 0. The van der Waals surface area contributed by atoms with E-state index in [-0.39, 0.29) is 24.5 Å². The number of benzene rings is 2. The van der Waals surface area contributed by atoms with Crippen molar-refractivity contribution in [1.29, 1.82) is 0 Å². The summed E-state index contributed by atoms with van der Waals surface area (Å²) in [5.41, 5.74) is 1.34. The maximum atomic E-state index is 13.1. The van der Waals surface area contributed by atoms with Gasteiger partial charge in [0.15, 0.2) is 11.5 Å². The number of nitrogens with zero attached hydrogens (tertiary/aromatic N) is 1. The number of amides is 2. The van der Waals surface area contributed by atoms with Crippen LogP contribution in [0.4, 0.5) is 0 Å². The average Bonchev–Trinajstić information content (AvgIpc) is 3.19. The van der Waals surface area contributed by atoms with E-state index in [0.717, 1.165) is 5.56 Å². The normalized spacial score (nSPS) is 13.1. The van der Waals surface area contributed by atoms with Crippen LogP contribution in [0.2, 0.25) is 0 Å². The molecule has 0 aromatic heterocycles. The highest BCUT2D eigenvalue weighted by molar-refractivity contribution is 5.99. The van der Waals surface area contributed by atoms with E-state index in [1.807, 2.05) is 45.0 Å². The lowest BCUT2D eigenvalue weighted by Gasteiger charge is -2.27. The van der Waals surface area contributed by atoms with Crippen LogP contribution >= 0.6 is 0 Å². The van der Waals surface area contributed by atoms with Crippen molar-refractivity contribution in [2.24, 2.45) is 5.92 Å². The molecule has 2 amide bonds. The molecule has 0 saturated carbocycles. The van der Waals surface area contributed by atoms with Crippen LogP contribution in [0.15, 0.2) is 42.5 Å². The third-order valence-electron chi connectivity index (χ3n) is 4.88. The lowest BCUT2D eigenvalue weighted by Crippen LogP contribution is -2.50. The van der Waals surface area contributed by atoms with Crippen molar-refractivity contribution in [3.63, 3.8) is 0 Å². The number of hydrogen-bond acceptors (Lipinski definition) is 5. The van der Waals surface area contributed by atoms with Crippen LogP contribution in [0.25, 0.3) is 0 Å². The van der Waals surface area contributed by atoms with Crippen molar-refractivity contribution in [3.05, 3.63) is 53.6 Å². The Labute approximate surface area is 176 Å². The van der Waals surface area contributed by atoms with E-state index in [0.29, 0.717) is 36.0 Å². The Hall–Kier alpha value is -3.22. The zero-order valence-electron chi connectivity index (χ0n) is 17.8. The molecule has 1 N–H and O–H groups in total. The first-order valence-electron chi connectivity index (χ1n) is 10.1. The van der Waals surface area contributed by atoms with Gasteiger partial charge in [0.1, 0.15) is 11.8 Å². The number of carbonyl (C=O) groups is 2. The molecule has 7 heteroatoms. The highest BCUT2D eigenvalue weighted by atomic mass is 16.7. The summed E-state index contributed by atoms with van der Waals surface area (Å²) in [7, 11) is 1.72. The summed E-state index contributed by atoms with van der Waals surface area (Å²) < 4.78 is 16.3. The topological polar surface area (TPSA) is 77.1 Å². The van der Waals surface area contributed by atoms with Crippen molar-refractivity contribution in [2.75, 3.05) is 20.4 Å².